The lowest BCUT2D eigenvalue weighted by Crippen LogP contribution is -2.50. The van der Waals surface area contributed by atoms with Crippen LogP contribution in [0.3, 0.4) is 0 Å². The van der Waals surface area contributed by atoms with E-state index in [2.05, 4.69) is 10.2 Å². The Morgan fingerprint density at radius 3 is 2.44 bits per heavy atom. The molecule has 2 aliphatic rings. The summed E-state index contributed by atoms with van der Waals surface area (Å²) in [6.07, 6.45) is 1.92. The zero-order chi connectivity index (χ0) is 21.9. The number of furan rings is 1. The van der Waals surface area contributed by atoms with Gasteiger partial charge in [-0.15, -0.1) is 0 Å². The molecule has 2 aliphatic heterocycles. The molecule has 0 bridgehead atoms. The Balaban J connectivity index is 1.43. The highest BCUT2D eigenvalue weighted by Crippen LogP contribution is 2.29. The molecule has 2 amide bonds. The van der Waals surface area contributed by atoms with E-state index in [9.17, 15) is 9.59 Å². The Bertz CT molecular complexity index is 1110. The maximum absolute atomic E-state index is 13.5. The van der Waals surface area contributed by atoms with E-state index >= 15 is 0 Å². The maximum atomic E-state index is 13.5. The van der Waals surface area contributed by atoms with Crippen molar-refractivity contribution in [2.75, 3.05) is 36.5 Å². The zero-order valence-corrected chi connectivity index (χ0v) is 17.7. The number of rotatable bonds is 4. The lowest BCUT2D eigenvalue weighted by molar-refractivity contribution is -0.121. The van der Waals surface area contributed by atoms with Gasteiger partial charge in [0.05, 0.1) is 30.9 Å². The van der Waals surface area contributed by atoms with Gasteiger partial charge in [0.1, 0.15) is 6.04 Å². The van der Waals surface area contributed by atoms with Gasteiger partial charge < -0.3 is 24.3 Å². The fourth-order valence-corrected chi connectivity index (χ4v) is 4.39. The fraction of sp³-hybridized carbons (Fsp3) is 0.280. The van der Waals surface area contributed by atoms with Gasteiger partial charge in [-0.25, -0.2) is 0 Å². The first-order valence-corrected chi connectivity index (χ1v) is 10.8. The molecule has 1 fully saturated rings. The van der Waals surface area contributed by atoms with Crippen molar-refractivity contribution < 1.29 is 18.7 Å². The van der Waals surface area contributed by atoms with Crippen LogP contribution in [-0.2, 0) is 22.5 Å². The van der Waals surface area contributed by atoms with Gasteiger partial charge in [0.15, 0.2) is 5.76 Å². The Morgan fingerprint density at radius 2 is 1.66 bits per heavy atom. The van der Waals surface area contributed by atoms with Crippen molar-refractivity contribution in [1.82, 2.24) is 4.90 Å². The first kappa shape index (κ1) is 20.3. The second kappa shape index (κ2) is 8.88. The molecule has 7 heteroatoms. The third kappa shape index (κ3) is 3.99. The van der Waals surface area contributed by atoms with Gasteiger partial charge in [0.25, 0.3) is 5.91 Å². The number of carbonyl (C=O) groups is 2. The van der Waals surface area contributed by atoms with Gasteiger partial charge in [-0.05, 0) is 35.4 Å². The molecule has 7 nitrogen and oxygen atoms in total. The SMILES string of the molecule is O=C(Nc1ccccc1N1CCOCC1)[C@H]1Cc2ccccc2CN1C(=O)c1ccco1. The van der Waals surface area contributed by atoms with Crippen LogP contribution in [0, 0.1) is 0 Å². The van der Waals surface area contributed by atoms with E-state index in [-0.39, 0.29) is 17.6 Å². The maximum Gasteiger partial charge on any atom is 0.290 e. The summed E-state index contributed by atoms with van der Waals surface area (Å²) in [5.41, 5.74) is 3.83. The van der Waals surface area contributed by atoms with Crippen LogP contribution in [0.4, 0.5) is 11.4 Å². The van der Waals surface area contributed by atoms with Gasteiger partial charge in [0.2, 0.25) is 5.91 Å². The predicted molar refractivity (Wildman–Crippen MR) is 121 cm³/mol. The Labute approximate surface area is 186 Å². The molecule has 0 saturated carbocycles. The summed E-state index contributed by atoms with van der Waals surface area (Å²) in [6, 6.07) is 18.4. The molecule has 3 aromatic rings. The standard InChI is InChI=1S/C25H25N3O4/c29-24(26-20-8-3-4-9-21(20)27-11-14-31-15-12-27)22-16-18-6-1-2-7-19(18)17-28(22)25(30)23-10-5-13-32-23/h1-10,13,22H,11-12,14-17H2,(H,26,29)/t22-/m1/s1. The number of benzene rings is 2. The highest BCUT2D eigenvalue weighted by Gasteiger charge is 2.36. The number of para-hydroxylation sites is 2. The van der Waals surface area contributed by atoms with Gasteiger partial charge in [-0.1, -0.05) is 36.4 Å². The molecule has 2 aromatic carbocycles. The van der Waals surface area contributed by atoms with Crippen LogP contribution >= 0.6 is 0 Å². The number of hydrogen-bond acceptors (Lipinski definition) is 5. The lowest BCUT2D eigenvalue weighted by atomic mass is 9.93. The molecule has 0 spiro atoms. The summed E-state index contributed by atoms with van der Waals surface area (Å²) in [5, 5.41) is 3.09. The third-order valence-corrected chi connectivity index (χ3v) is 6.06. The van der Waals surface area contributed by atoms with Gasteiger partial charge in [-0.2, -0.15) is 0 Å². The molecule has 1 saturated heterocycles. The fourth-order valence-electron chi connectivity index (χ4n) is 4.39. The lowest BCUT2D eigenvalue weighted by Gasteiger charge is -2.36. The smallest absolute Gasteiger partial charge is 0.290 e. The molecule has 0 aliphatic carbocycles. The van der Waals surface area contributed by atoms with Crippen molar-refractivity contribution in [2.45, 2.75) is 19.0 Å². The summed E-state index contributed by atoms with van der Waals surface area (Å²) in [5.74, 6) is -0.262. The number of ether oxygens (including phenoxy) is 1. The van der Waals surface area contributed by atoms with Gasteiger partial charge in [-0.3, -0.25) is 9.59 Å². The first-order valence-electron chi connectivity index (χ1n) is 10.8. The average molecular weight is 431 g/mol. The Hall–Kier alpha value is -3.58. The topological polar surface area (TPSA) is 75.0 Å². The number of fused-ring (bicyclic) bond motifs is 1. The Kier molecular flexibility index (Phi) is 5.64. The number of hydrogen-bond donors (Lipinski definition) is 1. The second-order valence-corrected chi connectivity index (χ2v) is 8.00. The minimum atomic E-state index is -0.639. The molecule has 1 atom stereocenters. The van der Waals surface area contributed by atoms with Crippen molar-refractivity contribution in [1.29, 1.82) is 0 Å². The van der Waals surface area contributed by atoms with Crippen molar-refractivity contribution in [3.05, 3.63) is 83.8 Å². The van der Waals surface area contributed by atoms with E-state index < -0.39 is 6.04 Å². The van der Waals surface area contributed by atoms with Gasteiger partial charge >= 0.3 is 0 Å². The highest BCUT2D eigenvalue weighted by molar-refractivity contribution is 6.02. The van der Waals surface area contributed by atoms with Crippen molar-refractivity contribution in [3.63, 3.8) is 0 Å². The van der Waals surface area contributed by atoms with E-state index in [1.807, 2.05) is 48.5 Å². The quantitative estimate of drug-likeness (QED) is 0.686. The molecular weight excluding hydrogens is 406 g/mol. The average Bonchev–Trinajstić information content (AvgIpc) is 3.39. The molecule has 1 N–H and O–H groups in total. The molecule has 32 heavy (non-hydrogen) atoms. The van der Waals surface area contributed by atoms with E-state index in [1.165, 1.54) is 6.26 Å². The van der Waals surface area contributed by atoms with Crippen LogP contribution in [0.5, 0.6) is 0 Å². The number of morpholine rings is 1. The number of nitrogens with zero attached hydrogens (tertiary/aromatic N) is 2. The molecule has 0 radical (unpaired) electrons. The molecule has 5 rings (SSSR count). The monoisotopic (exact) mass is 431 g/mol. The van der Waals surface area contributed by atoms with Crippen LogP contribution in [0.1, 0.15) is 21.7 Å². The van der Waals surface area contributed by atoms with Crippen molar-refractivity contribution in [2.24, 2.45) is 0 Å². The van der Waals surface area contributed by atoms with Crippen LogP contribution < -0.4 is 10.2 Å². The van der Waals surface area contributed by atoms with Crippen molar-refractivity contribution in [3.8, 4) is 0 Å². The molecule has 0 unspecified atom stereocenters. The van der Waals surface area contributed by atoms with E-state index in [0.717, 1.165) is 35.6 Å². The zero-order valence-electron chi connectivity index (χ0n) is 17.7. The number of anilines is 2. The minimum Gasteiger partial charge on any atom is -0.459 e. The van der Waals surface area contributed by atoms with E-state index in [0.29, 0.717) is 26.2 Å². The summed E-state index contributed by atoms with van der Waals surface area (Å²) in [4.78, 5) is 30.5. The molecular formula is C25H25N3O4. The molecule has 164 valence electrons. The van der Waals surface area contributed by atoms with Crippen LogP contribution in [-0.4, -0.2) is 49.1 Å². The highest BCUT2D eigenvalue weighted by atomic mass is 16.5. The Morgan fingerprint density at radius 1 is 0.906 bits per heavy atom. The molecule has 1 aromatic heterocycles. The van der Waals surface area contributed by atoms with E-state index in [1.54, 1.807) is 17.0 Å². The molecule has 3 heterocycles. The van der Waals surface area contributed by atoms with Crippen LogP contribution in [0.15, 0.2) is 71.3 Å². The third-order valence-electron chi connectivity index (χ3n) is 6.06. The van der Waals surface area contributed by atoms with E-state index in [4.69, 9.17) is 9.15 Å². The summed E-state index contributed by atoms with van der Waals surface area (Å²) >= 11 is 0. The number of carbonyl (C=O) groups excluding carboxylic acids is 2. The van der Waals surface area contributed by atoms with Gasteiger partial charge in [0, 0.05) is 26.1 Å². The normalized spacial score (nSPS) is 18.2. The van der Waals surface area contributed by atoms with Crippen LogP contribution in [0.2, 0.25) is 0 Å². The summed E-state index contributed by atoms with van der Waals surface area (Å²) in [7, 11) is 0. The second-order valence-electron chi connectivity index (χ2n) is 8.00. The number of amides is 2. The minimum absolute atomic E-state index is 0.208. The largest absolute Gasteiger partial charge is 0.459 e. The predicted octanol–water partition coefficient (Wildman–Crippen LogP) is 3.32. The van der Waals surface area contributed by atoms with Crippen LogP contribution in [0.25, 0.3) is 0 Å². The first-order chi connectivity index (χ1) is 15.7. The number of nitrogens with one attached hydrogen (secondary N) is 1. The summed E-state index contributed by atoms with van der Waals surface area (Å²) < 4.78 is 10.8. The van der Waals surface area contributed by atoms with Crippen molar-refractivity contribution >= 4 is 23.2 Å². The summed E-state index contributed by atoms with van der Waals surface area (Å²) in [6.45, 7) is 3.22.